The third kappa shape index (κ3) is 4.73. The lowest BCUT2D eigenvalue weighted by molar-refractivity contribution is 0.0526. The maximum Gasteiger partial charge on any atom is 0.338 e. The van der Waals surface area contributed by atoms with Gasteiger partial charge in [-0.3, -0.25) is 0 Å². The average Bonchev–Trinajstić information content (AvgIpc) is 2.74. The van der Waals surface area contributed by atoms with Crippen molar-refractivity contribution in [2.45, 2.75) is 6.92 Å². The van der Waals surface area contributed by atoms with Crippen LogP contribution in [0, 0.1) is 0 Å². The van der Waals surface area contributed by atoms with Gasteiger partial charge in [-0.25, -0.2) is 9.59 Å². The second kappa shape index (κ2) is 9.12. The fraction of sp³-hybridized carbons (Fsp3) is 0.333. The molecule has 0 spiro atoms. The van der Waals surface area contributed by atoms with Gasteiger partial charge in [0.15, 0.2) is 0 Å². The molecular formula is C21H25N3O4. The largest absolute Gasteiger partial charge is 0.497 e. The summed E-state index contributed by atoms with van der Waals surface area (Å²) in [6.07, 6.45) is 0. The molecule has 0 saturated carbocycles. The van der Waals surface area contributed by atoms with Gasteiger partial charge in [0, 0.05) is 43.6 Å². The van der Waals surface area contributed by atoms with Gasteiger partial charge in [0.2, 0.25) is 0 Å². The highest BCUT2D eigenvalue weighted by Gasteiger charge is 2.21. The lowest BCUT2D eigenvalue weighted by atomic mass is 10.2. The molecule has 0 radical (unpaired) electrons. The van der Waals surface area contributed by atoms with E-state index in [0.717, 1.165) is 18.8 Å². The van der Waals surface area contributed by atoms with E-state index in [2.05, 4.69) is 10.2 Å². The highest BCUT2D eigenvalue weighted by Crippen LogP contribution is 2.20. The van der Waals surface area contributed by atoms with Gasteiger partial charge in [-0.15, -0.1) is 0 Å². The Bertz CT molecular complexity index is 815. The summed E-state index contributed by atoms with van der Waals surface area (Å²) in [7, 11) is 1.60. The van der Waals surface area contributed by atoms with Crippen LogP contribution in [0.3, 0.4) is 0 Å². The molecule has 148 valence electrons. The van der Waals surface area contributed by atoms with Crippen LogP contribution in [-0.4, -0.2) is 56.8 Å². The zero-order valence-corrected chi connectivity index (χ0v) is 16.2. The number of benzene rings is 2. The first-order valence-corrected chi connectivity index (χ1v) is 9.33. The van der Waals surface area contributed by atoms with Crippen molar-refractivity contribution >= 4 is 23.4 Å². The maximum absolute atomic E-state index is 12.5. The summed E-state index contributed by atoms with van der Waals surface area (Å²) in [6, 6.07) is 14.6. The van der Waals surface area contributed by atoms with Crippen LogP contribution < -0.4 is 15.0 Å². The molecule has 1 saturated heterocycles. The van der Waals surface area contributed by atoms with E-state index < -0.39 is 0 Å². The fourth-order valence-corrected chi connectivity index (χ4v) is 3.09. The number of urea groups is 1. The Morgan fingerprint density at radius 3 is 2.39 bits per heavy atom. The number of carbonyl (C=O) groups excluding carboxylic acids is 2. The van der Waals surface area contributed by atoms with Crippen LogP contribution in [0.2, 0.25) is 0 Å². The molecular weight excluding hydrogens is 358 g/mol. The number of hydrogen-bond donors (Lipinski definition) is 1. The number of hydrogen-bond acceptors (Lipinski definition) is 5. The molecule has 1 fully saturated rings. The summed E-state index contributed by atoms with van der Waals surface area (Å²) in [6.45, 7) is 4.84. The minimum Gasteiger partial charge on any atom is -0.497 e. The van der Waals surface area contributed by atoms with E-state index in [9.17, 15) is 9.59 Å². The molecule has 28 heavy (non-hydrogen) atoms. The van der Waals surface area contributed by atoms with Crippen LogP contribution >= 0.6 is 0 Å². The van der Waals surface area contributed by atoms with Crippen molar-refractivity contribution in [1.82, 2.24) is 4.90 Å². The van der Waals surface area contributed by atoms with Crippen LogP contribution in [-0.2, 0) is 4.74 Å². The second-order valence-electron chi connectivity index (χ2n) is 6.40. The van der Waals surface area contributed by atoms with E-state index in [-0.39, 0.29) is 12.0 Å². The fourth-order valence-electron chi connectivity index (χ4n) is 3.09. The molecule has 2 amide bonds. The number of carbonyl (C=O) groups is 2. The zero-order valence-electron chi connectivity index (χ0n) is 16.2. The van der Waals surface area contributed by atoms with Gasteiger partial charge in [0.05, 0.1) is 19.3 Å². The Morgan fingerprint density at radius 1 is 1.04 bits per heavy atom. The molecule has 1 aliphatic heterocycles. The molecule has 0 atom stereocenters. The molecule has 1 heterocycles. The molecule has 2 aromatic rings. The lowest BCUT2D eigenvalue weighted by Gasteiger charge is -2.36. The van der Waals surface area contributed by atoms with Crippen molar-refractivity contribution in [2.75, 3.05) is 50.1 Å². The summed E-state index contributed by atoms with van der Waals surface area (Å²) >= 11 is 0. The van der Waals surface area contributed by atoms with Crippen molar-refractivity contribution in [3.8, 4) is 5.75 Å². The Labute approximate surface area is 164 Å². The van der Waals surface area contributed by atoms with Crippen molar-refractivity contribution in [1.29, 1.82) is 0 Å². The molecule has 1 aliphatic rings. The molecule has 2 aromatic carbocycles. The number of esters is 1. The number of methoxy groups -OCH3 is 1. The van der Waals surface area contributed by atoms with Gasteiger partial charge in [0.25, 0.3) is 0 Å². The monoisotopic (exact) mass is 383 g/mol. The maximum atomic E-state index is 12.5. The first-order chi connectivity index (χ1) is 13.6. The molecule has 3 rings (SSSR count). The number of anilines is 2. The first-order valence-electron chi connectivity index (χ1n) is 9.33. The molecule has 0 bridgehead atoms. The molecule has 0 unspecified atom stereocenters. The van der Waals surface area contributed by atoms with E-state index in [1.54, 1.807) is 37.1 Å². The summed E-state index contributed by atoms with van der Waals surface area (Å²) in [5.74, 6) is 0.391. The van der Waals surface area contributed by atoms with E-state index in [4.69, 9.17) is 9.47 Å². The van der Waals surface area contributed by atoms with Crippen molar-refractivity contribution in [3.63, 3.8) is 0 Å². The molecule has 1 N–H and O–H groups in total. The van der Waals surface area contributed by atoms with E-state index in [0.29, 0.717) is 36.7 Å². The highest BCUT2D eigenvalue weighted by molar-refractivity contribution is 5.90. The van der Waals surface area contributed by atoms with Crippen LogP contribution in [0.4, 0.5) is 16.2 Å². The molecule has 0 aromatic heterocycles. The van der Waals surface area contributed by atoms with Gasteiger partial charge in [-0.2, -0.15) is 0 Å². The van der Waals surface area contributed by atoms with E-state index in [1.165, 1.54) is 0 Å². The number of nitrogens with zero attached hydrogens (tertiary/aromatic N) is 2. The predicted octanol–water partition coefficient (Wildman–Crippen LogP) is 3.23. The predicted molar refractivity (Wildman–Crippen MR) is 108 cm³/mol. The van der Waals surface area contributed by atoms with Crippen molar-refractivity contribution in [3.05, 3.63) is 54.1 Å². The minimum absolute atomic E-state index is 0.120. The quantitative estimate of drug-likeness (QED) is 0.803. The Hall–Kier alpha value is -3.22. The number of piperazine rings is 1. The number of amides is 2. The molecule has 7 nitrogen and oxygen atoms in total. The van der Waals surface area contributed by atoms with Crippen LogP contribution in [0.5, 0.6) is 5.75 Å². The third-order valence-corrected chi connectivity index (χ3v) is 4.63. The highest BCUT2D eigenvalue weighted by atomic mass is 16.5. The van der Waals surface area contributed by atoms with Crippen molar-refractivity contribution in [2.24, 2.45) is 0 Å². The number of rotatable bonds is 5. The first kappa shape index (κ1) is 19.5. The van der Waals surface area contributed by atoms with Crippen LogP contribution in [0.25, 0.3) is 0 Å². The summed E-state index contributed by atoms with van der Waals surface area (Å²) < 4.78 is 10.2. The minimum atomic E-state index is -0.312. The SMILES string of the molecule is CCOC(=O)c1ccc(N2CCN(C(=O)Nc3cccc(OC)c3)CC2)cc1. The second-order valence-corrected chi connectivity index (χ2v) is 6.40. The third-order valence-electron chi connectivity index (χ3n) is 4.63. The standard InChI is InChI=1S/C21H25N3O4/c1-3-28-20(25)16-7-9-18(10-8-16)23-11-13-24(14-12-23)21(26)22-17-5-4-6-19(15-17)27-2/h4-10,15H,3,11-14H2,1-2H3,(H,22,26). The Balaban J connectivity index is 1.53. The Kier molecular flexibility index (Phi) is 6.37. The van der Waals surface area contributed by atoms with Crippen LogP contribution in [0.1, 0.15) is 17.3 Å². The summed E-state index contributed by atoms with van der Waals surface area (Å²) in [4.78, 5) is 28.2. The molecule has 7 heteroatoms. The average molecular weight is 383 g/mol. The van der Waals surface area contributed by atoms with Gasteiger partial charge >= 0.3 is 12.0 Å². The van der Waals surface area contributed by atoms with Gasteiger partial charge in [-0.05, 0) is 43.3 Å². The number of nitrogens with one attached hydrogen (secondary N) is 1. The van der Waals surface area contributed by atoms with Crippen molar-refractivity contribution < 1.29 is 19.1 Å². The zero-order chi connectivity index (χ0) is 19.9. The van der Waals surface area contributed by atoms with Gasteiger partial charge < -0.3 is 24.6 Å². The lowest BCUT2D eigenvalue weighted by Crippen LogP contribution is -2.50. The topological polar surface area (TPSA) is 71.1 Å². The number of ether oxygens (including phenoxy) is 2. The van der Waals surface area contributed by atoms with Gasteiger partial charge in [0.1, 0.15) is 5.75 Å². The summed E-state index contributed by atoms with van der Waals surface area (Å²) in [5, 5.41) is 2.91. The summed E-state index contributed by atoms with van der Waals surface area (Å²) in [5.41, 5.74) is 2.28. The molecule has 0 aliphatic carbocycles. The smallest absolute Gasteiger partial charge is 0.338 e. The Morgan fingerprint density at radius 2 is 1.75 bits per heavy atom. The van der Waals surface area contributed by atoms with Gasteiger partial charge in [-0.1, -0.05) is 6.07 Å². The van der Waals surface area contributed by atoms with E-state index in [1.807, 2.05) is 30.3 Å². The van der Waals surface area contributed by atoms with E-state index >= 15 is 0 Å². The normalized spacial score (nSPS) is 13.8. The van der Waals surface area contributed by atoms with Crippen LogP contribution in [0.15, 0.2) is 48.5 Å².